The van der Waals surface area contributed by atoms with Gasteiger partial charge in [0.25, 0.3) is 11.8 Å². The third-order valence-corrected chi connectivity index (χ3v) is 4.84. The number of aliphatic hydroxyl groups excluding tert-OH is 1. The van der Waals surface area contributed by atoms with Crippen LogP contribution >= 0.6 is 0 Å². The Hall–Kier alpha value is -2.93. The van der Waals surface area contributed by atoms with E-state index in [-0.39, 0.29) is 18.2 Å². The average Bonchev–Trinajstić information content (AvgIpc) is 2.99. The molecule has 0 radical (unpaired) electrons. The molecule has 1 atom stereocenters. The van der Waals surface area contributed by atoms with Crippen LogP contribution in [0.2, 0.25) is 0 Å². The Bertz CT molecular complexity index is 812. The number of pyridine rings is 1. The number of methoxy groups -OCH3 is 1. The van der Waals surface area contributed by atoms with Gasteiger partial charge in [0.05, 0.1) is 7.11 Å². The molecule has 1 unspecified atom stereocenters. The molecule has 1 N–H and O–H groups in total. The predicted molar refractivity (Wildman–Crippen MR) is 104 cm³/mol. The van der Waals surface area contributed by atoms with E-state index in [1.807, 2.05) is 30.3 Å². The topological polar surface area (TPSA) is 83.0 Å². The van der Waals surface area contributed by atoms with Gasteiger partial charge in [-0.2, -0.15) is 0 Å². The molecule has 0 spiro atoms. The third-order valence-electron chi connectivity index (χ3n) is 4.84. The van der Waals surface area contributed by atoms with Crippen molar-refractivity contribution in [1.29, 1.82) is 0 Å². The van der Waals surface area contributed by atoms with Crippen LogP contribution in [0.1, 0.15) is 22.5 Å². The van der Waals surface area contributed by atoms with Gasteiger partial charge in [0.1, 0.15) is 17.5 Å². The van der Waals surface area contributed by atoms with Crippen molar-refractivity contribution in [3.63, 3.8) is 0 Å². The van der Waals surface area contributed by atoms with Gasteiger partial charge in [-0.05, 0) is 18.1 Å². The largest absolute Gasteiger partial charge is 0.497 e. The molecule has 148 valence electrons. The number of carbonyl (C=O) groups is 2. The van der Waals surface area contributed by atoms with E-state index < -0.39 is 6.10 Å². The second-order valence-electron chi connectivity index (χ2n) is 6.76. The fraction of sp³-hybridized carbons (Fsp3) is 0.381. The summed E-state index contributed by atoms with van der Waals surface area (Å²) in [5.74, 6) is 0.102. The summed E-state index contributed by atoms with van der Waals surface area (Å²) in [5.41, 5.74) is 1.24. The first-order valence-corrected chi connectivity index (χ1v) is 9.38. The van der Waals surface area contributed by atoms with Crippen molar-refractivity contribution in [2.75, 3.05) is 33.3 Å². The van der Waals surface area contributed by atoms with Gasteiger partial charge in [-0.15, -0.1) is 0 Å². The van der Waals surface area contributed by atoms with Crippen molar-refractivity contribution in [2.45, 2.75) is 18.9 Å². The maximum Gasteiger partial charge on any atom is 0.272 e. The summed E-state index contributed by atoms with van der Waals surface area (Å²) in [5, 5.41) is 10.3. The molecule has 1 saturated heterocycles. The SMILES string of the molecule is COc1ccnc(C(=O)N2CCCN(C(=O)C(O)Cc3ccccc3)CC2)c1. The van der Waals surface area contributed by atoms with Gasteiger partial charge in [0.2, 0.25) is 0 Å². The van der Waals surface area contributed by atoms with E-state index in [1.165, 1.54) is 0 Å². The molecule has 1 aromatic heterocycles. The first kappa shape index (κ1) is 19.8. The van der Waals surface area contributed by atoms with Crippen LogP contribution in [0.5, 0.6) is 5.75 Å². The molecule has 1 aliphatic rings. The van der Waals surface area contributed by atoms with E-state index in [9.17, 15) is 14.7 Å². The maximum absolute atomic E-state index is 12.7. The lowest BCUT2D eigenvalue weighted by atomic mass is 10.1. The van der Waals surface area contributed by atoms with E-state index in [0.717, 1.165) is 5.56 Å². The smallest absolute Gasteiger partial charge is 0.272 e. The molecule has 1 fully saturated rings. The average molecular weight is 383 g/mol. The van der Waals surface area contributed by atoms with Crippen molar-refractivity contribution in [3.05, 3.63) is 59.9 Å². The van der Waals surface area contributed by atoms with Crippen LogP contribution in [0.3, 0.4) is 0 Å². The lowest BCUT2D eigenvalue weighted by molar-refractivity contribution is -0.140. The number of amides is 2. The van der Waals surface area contributed by atoms with Gasteiger partial charge in [0.15, 0.2) is 0 Å². The number of benzene rings is 1. The highest BCUT2D eigenvalue weighted by Gasteiger charge is 2.27. The van der Waals surface area contributed by atoms with Crippen LogP contribution in [0.25, 0.3) is 0 Å². The van der Waals surface area contributed by atoms with Gasteiger partial charge in [0, 0.05) is 44.9 Å². The van der Waals surface area contributed by atoms with E-state index in [2.05, 4.69) is 4.98 Å². The van der Waals surface area contributed by atoms with Gasteiger partial charge in [-0.1, -0.05) is 30.3 Å². The number of hydrogen-bond donors (Lipinski definition) is 1. The minimum Gasteiger partial charge on any atom is -0.497 e. The number of carbonyl (C=O) groups excluding carboxylic acids is 2. The summed E-state index contributed by atoms with van der Waals surface area (Å²) in [4.78, 5) is 32.8. The Morgan fingerprint density at radius 3 is 2.57 bits per heavy atom. The van der Waals surface area contributed by atoms with Gasteiger partial charge in [-0.3, -0.25) is 14.6 Å². The molecule has 0 aliphatic carbocycles. The Kier molecular flexibility index (Phi) is 6.60. The monoisotopic (exact) mass is 383 g/mol. The van der Waals surface area contributed by atoms with Crippen molar-refractivity contribution in [3.8, 4) is 5.75 Å². The fourth-order valence-corrected chi connectivity index (χ4v) is 3.29. The highest BCUT2D eigenvalue weighted by molar-refractivity contribution is 5.92. The van der Waals surface area contributed by atoms with Crippen LogP contribution in [0, 0.1) is 0 Å². The molecular weight excluding hydrogens is 358 g/mol. The molecule has 7 nitrogen and oxygen atoms in total. The summed E-state index contributed by atoms with van der Waals surface area (Å²) in [7, 11) is 1.54. The summed E-state index contributed by atoms with van der Waals surface area (Å²) < 4.78 is 5.15. The number of aromatic nitrogens is 1. The number of ether oxygens (including phenoxy) is 1. The van der Waals surface area contributed by atoms with Crippen molar-refractivity contribution in [2.24, 2.45) is 0 Å². The van der Waals surface area contributed by atoms with E-state index in [1.54, 1.807) is 35.2 Å². The Morgan fingerprint density at radius 2 is 1.82 bits per heavy atom. The van der Waals surface area contributed by atoms with E-state index in [0.29, 0.717) is 44.0 Å². The minimum atomic E-state index is -1.08. The summed E-state index contributed by atoms with van der Waals surface area (Å²) >= 11 is 0. The molecule has 28 heavy (non-hydrogen) atoms. The molecule has 3 rings (SSSR count). The van der Waals surface area contributed by atoms with Crippen LogP contribution in [0.15, 0.2) is 48.7 Å². The zero-order valence-electron chi connectivity index (χ0n) is 16.0. The second-order valence-corrected chi connectivity index (χ2v) is 6.76. The van der Waals surface area contributed by atoms with E-state index >= 15 is 0 Å². The lowest BCUT2D eigenvalue weighted by Crippen LogP contribution is -2.42. The quantitative estimate of drug-likeness (QED) is 0.843. The molecule has 1 aromatic carbocycles. The lowest BCUT2D eigenvalue weighted by Gasteiger charge is -2.24. The highest BCUT2D eigenvalue weighted by atomic mass is 16.5. The van der Waals surface area contributed by atoms with Crippen LogP contribution in [-0.4, -0.2) is 71.1 Å². The highest BCUT2D eigenvalue weighted by Crippen LogP contribution is 2.14. The molecule has 2 heterocycles. The minimum absolute atomic E-state index is 0.182. The van der Waals surface area contributed by atoms with Gasteiger partial charge in [-0.25, -0.2) is 0 Å². The zero-order valence-corrected chi connectivity index (χ0v) is 16.0. The predicted octanol–water partition coefficient (Wildman–Crippen LogP) is 1.37. The molecular formula is C21H25N3O4. The van der Waals surface area contributed by atoms with Crippen molar-refractivity contribution < 1.29 is 19.4 Å². The van der Waals surface area contributed by atoms with Crippen molar-refractivity contribution in [1.82, 2.24) is 14.8 Å². The summed E-state index contributed by atoms with van der Waals surface area (Å²) in [6.07, 6.45) is 1.40. The van der Waals surface area contributed by atoms with Gasteiger partial charge < -0.3 is 19.6 Å². The number of rotatable bonds is 5. The number of hydrogen-bond acceptors (Lipinski definition) is 5. The molecule has 7 heteroatoms. The Labute approximate surface area is 164 Å². The zero-order chi connectivity index (χ0) is 19.9. The second kappa shape index (κ2) is 9.32. The maximum atomic E-state index is 12.7. The van der Waals surface area contributed by atoms with Gasteiger partial charge >= 0.3 is 0 Å². The normalized spacial score (nSPS) is 15.6. The number of nitrogens with zero attached hydrogens (tertiary/aromatic N) is 3. The number of aliphatic hydroxyl groups is 1. The molecule has 0 bridgehead atoms. The Morgan fingerprint density at radius 1 is 1.11 bits per heavy atom. The van der Waals surface area contributed by atoms with Crippen molar-refractivity contribution >= 4 is 11.8 Å². The van der Waals surface area contributed by atoms with Crippen LogP contribution in [0.4, 0.5) is 0 Å². The van der Waals surface area contributed by atoms with E-state index in [4.69, 9.17) is 4.74 Å². The third kappa shape index (κ3) is 4.86. The van der Waals surface area contributed by atoms with Crippen LogP contribution < -0.4 is 4.74 Å². The fourth-order valence-electron chi connectivity index (χ4n) is 3.29. The Balaban J connectivity index is 1.59. The summed E-state index contributed by atoms with van der Waals surface area (Å²) in [6, 6.07) is 12.7. The first-order valence-electron chi connectivity index (χ1n) is 9.38. The molecule has 2 amide bonds. The van der Waals surface area contributed by atoms with Crippen LogP contribution in [-0.2, 0) is 11.2 Å². The standard InChI is InChI=1S/C21H25N3O4/c1-28-17-8-9-22-18(15-17)20(26)23-10-5-11-24(13-12-23)21(27)19(25)14-16-6-3-2-4-7-16/h2-4,6-9,15,19,25H,5,10-14H2,1H3. The first-order chi connectivity index (χ1) is 13.6. The molecule has 1 aliphatic heterocycles. The molecule has 2 aromatic rings. The summed E-state index contributed by atoms with van der Waals surface area (Å²) in [6.45, 7) is 1.85. The molecule has 0 saturated carbocycles.